The molecule has 0 saturated carbocycles. The van der Waals surface area contributed by atoms with Gasteiger partial charge in [-0.25, -0.2) is 8.78 Å². The molecule has 2 aromatic carbocycles. The van der Waals surface area contributed by atoms with Gasteiger partial charge in [-0.15, -0.1) is 0 Å². The number of fused-ring (bicyclic) bond motifs is 1. The normalized spacial score (nSPS) is 14.6. The SMILES string of the molecule is CC(NCc1ccc2c(c1)CCO2)c1ccc(F)cc1F. The lowest BCUT2D eigenvalue weighted by Gasteiger charge is -2.15. The van der Waals surface area contributed by atoms with Gasteiger partial charge in [0, 0.05) is 30.6 Å². The van der Waals surface area contributed by atoms with Crippen LogP contribution in [0.2, 0.25) is 0 Å². The maximum Gasteiger partial charge on any atom is 0.130 e. The van der Waals surface area contributed by atoms with Crippen LogP contribution in [0.15, 0.2) is 36.4 Å². The summed E-state index contributed by atoms with van der Waals surface area (Å²) in [5.74, 6) is -0.115. The molecule has 3 rings (SSSR count). The minimum absolute atomic E-state index is 0.185. The molecule has 1 aliphatic rings. The first-order valence-corrected chi connectivity index (χ1v) is 7.06. The number of benzene rings is 2. The van der Waals surface area contributed by atoms with Crippen molar-refractivity contribution in [1.29, 1.82) is 0 Å². The monoisotopic (exact) mass is 289 g/mol. The molecule has 2 nitrogen and oxygen atoms in total. The molecule has 0 fully saturated rings. The molecular weight excluding hydrogens is 272 g/mol. The second-order valence-electron chi connectivity index (χ2n) is 5.31. The maximum atomic E-state index is 13.7. The topological polar surface area (TPSA) is 21.3 Å². The van der Waals surface area contributed by atoms with E-state index in [0.29, 0.717) is 12.1 Å². The van der Waals surface area contributed by atoms with E-state index in [0.717, 1.165) is 30.4 Å². The lowest BCUT2D eigenvalue weighted by molar-refractivity contribution is 0.357. The van der Waals surface area contributed by atoms with E-state index in [4.69, 9.17) is 4.74 Å². The quantitative estimate of drug-likeness (QED) is 0.925. The summed E-state index contributed by atoms with van der Waals surface area (Å²) in [6.07, 6.45) is 0.936. The first kappa shape index (κ1) is 14.0. The van der Waals surface area contributed by atoms with Gasteiger partial charge in [0.1, 0.15) is 17.4 Å². The zero-order valence-corrected chi connectivity index (χ0v) is 11.8. The second kappa shape index (κ2) is 5.82. The van der Waals surface area contributed by atoms with Gasteiger partial charge in [0.05, 0.1) is 6.61 Å². The molecule has 1 aliphatic heterocycles. The summed E-state index contributed by atoms with van der Waals surface area (Å²) in [6.45, 7) is 3.24. The van der Waals surface area contributed by atoms with Crippen molar-refractivity contribution in [2.45, 2.75) is 25.9 Å². The first-order chi connectivity index (χ1) is 10.1. The lowest BCUT2D eigenvalue weighted by Crippen LogP contribution is -2.19. The maximum absolute atomic E-state index is 13.7. The van der Waals surface area contributed by atoms with Crippen LogP contribution in [-0.4, -0.2) is 6.61 Å². The van der Waals surface area contributed by atoms with Crippen molar-refractivity contribution in [1.82, 2.24) is 5.32 Å². The van der Waals surface area contributed by atoms with Crippen molar-refractivity contribution in [3.05, 3.63) is 64.7 Å². The van der Waals surface area contributed by atoms with E-state index in [9.17, 15) is 8.78 Å². The lowest BCUT2D eigenvalue weighted by atomic mass is 10.1. The third-order valence-electron chi connectivity index (χ3n) is 3.80. The van der Waals surface area contributed by atoms with E-state index in [1.165, 1.54) is 17.7 Å². The van der Waals surface area contributed by atoms with Crippen LogP contribution in [0.5, 0.6) is 5.75 Å². The van der Waals surface area contributed by atoms with E-state index >= 15 is 0 Å². The number of hydrogen-bond acceptors (Lipinski definition) is 2. The smallest absolute Gasteiger partial charge is 0.130 e. The average molecular weight is 289 g/mol. The first-order valence-electron chi connectivity index (χ1n) is 7.06. The molecule has 0 spiro atoms. The Hall–Kier alpha value is -1.94. The predicted octanol–water partition coefficient (Wildman–Crippen LogP) is 3.75. The molecule has 0 radical (unpaired) electrons. The van der Waals surface area contributed by atoms with Gasteiger partial charge in [-0.2, -0.15) is 0 Å². The van der Waals surface area contributed by atoms with Gasteiger partial charge in [0.2, 0.25) is 0 Å². The molecule has 1 atom stereocenters. The number of rotatable bonds is 4. The minimum atomic E-state index is -0.554. The molecule has 21 heavy (non-hydrogen) atoms. The molecule has 1 unspecified atom stereocenters. The van der Waals surface area contributed by atoms with Crippen LogP contribution in [0, 0.1) is 11.6 Å². The van der Waals surface area contributed by atoms with Gasteiger partial charge in [-0.3, -0.25) is 0 Å². The number of halogens is 2. The van der Waals surface area contributed by atoms with Gasteiger partial charge in [-0.1, -0.05) is 18.2 Å². The molecule has 4 heteroatoms. The molecule has 0 aromatic heterocycles. The van der Waals surface area contributed by atoms with Crippen LogP contribution >= 0.6 is 0 Å². The Bertz CT molecular complexity index is 657. The standard InChI is InChI=1S/C17H17F2NO/c1-11(15-4-3-14(18)9-16(15)19)20-10-12-2-5-17-13(8-12)6-7-21-17/h2-5,8-9,11,20H,6-7,10H2,1H3. The summed E-state index contributed by atoms with van der Waals surface area (Å²) in [4.78, 5) is 0. The van der Waals surface area contributed by atoms with Gasteiger partial charge in [0.15, 0.2) is 0 Å². The fraction of sp³-hybridized carbons (Fsp3) is 0.294. The molecule has 0 amide bonds. The Morgan fingerprint density at radius 3 is 2.86 bits per heavy atom. The van der Waals surface area contributed by atoms with Crippen molar-refractivity contribution in [2.24, 2.45) is 0 Å². The molecule has 0 bridgehead atoms. The van der Waals surface area contributed by atoms with Gasteiger partial charge in [0.25, 0.3) is 0 Å². The third kappa shape index (κ3) is 3.05. The van der Waals surface area contributed by atoms with E-state index in [-0.39, 0.29) is 6.04 Å². The zero-order chi connectivity index (χ0) is 14.8. The molecule has 1 heterocycles. The highest BCUT2D eigenvalue weighted by molar-refractivity contribution is 5.39. The van der Waals surface area contributed by atoms with Gasteiger partial charge in [-0.05, 0) is 30.2 Å². The Labute approximate surface area is 122 Å². The third-order valence-corrected chi connectivity index (χ3v) is 3.80. The fourth-order valence-corrected chi connectivity index (χ4v) is 2.58. The van der Waals surface area contributed by atoms with Crippen molar-refractivity contribution in [3.8, 4) is 5.75 Å². The number of hydrogen-bond donors (Lipinski definition) is 1. The van der Waals surface area contributed by atoms with Gasteiger partial charge >= 0.3 is 0 Å². The minimum Gasteiger partial charge on any atom is -0.493 e. The molecule has 110 valence electrons. The Kier molecular flexibility index (Phi) is 3.88. The highest BCUT2D eigenvalue weighted by Gasteiger charge is 2.14. The van der Waals surface area contributed by atoms with Crippen molar-refractivity contribution in [3.63, 3.8) is 0 Å². The van der Waals surface area contributed by atoms with Crippen molar-refractivity contribution >= 4 is 0 Å². The largest absolute Gasteiger partial charge is 0.493 e. The molecular formula is C17H17F2NO. The summed E-state index contributed by atoms with van der Waals surface area (Å²) in [7, 11) is 0. The summed E-state index contributed by atoms with van der Waals surface area (Å²) in [6, 6.07) is 9.59. The van der Waals surface area contributed by atoms with Crippen LogP contribution in [-0.2, 0) is 13.0 Å². The van der Waals surface area contributed by atoms with E-state index in [1.807, 2.05) is 19.1 Å². The Morgan fingerprint density at radius 1 is 1.19 bits per heavy atom. The van der Waals surface area contributed by atoms with Crippen molar-refractivity contribution in [2.75, 3.05) is 6.61 Å². The Balaban J connectivity index is 1.67. The van der Waals surface area contributed by atoms with Crippen molar-refractivity contribution < 1.29 is 13.5 Å². The van der Waals surface area contributed by atoms with Crippen LogP contribution in [0.3, 0.4) is 0 Å². The molecule has 0 aliphatic carbocycles. The highest BCUT2D eigenvalue weighted by atomic mass is 19.1. The summed E-state index contributed by atoms with van der Waals surface area (Å²) in [5.41, 5.74) is 2.82. The zero-order valence-electron chi connectivity index (χ0n) is 11.8. The predicted molar refractivity (Wildman–Crippen MR) is 77.3 cm³/mol. The fourth-order valence-electron chi connectivity index (χ4n) is 2.58. The summed E-state index contributed by atoms with van der Waals surface area (Å²) < 4.78 is 32.1. The van der Waals surface area contributed by atoms with Crippen LogP contribution < -0.4 is 10.1 Å². The molecule has 1 N–H and O–H groups in total. The molecule has 0 saturated heterocycles. The average Bonchev–Trinajstić information content (AvgIpc) is 2.92. The van der Waals surface area contributed by atoms with Gasteiger partial charge < -0.3 is 10.1 Å². The number of ether oxygens (including phenoxy) is 1. The highest BCUT2D eigenvalue weighted by Crippen LogP contribution is 2.26. The van der Waals surface area contributed by atoms with Crippen LogP contribution in [0.4, 0.5) is 8.78 Å². The van der Waals surface area contributed by atoms with E-state index in [2.05, 4.69) is 11.4 Å². The summed E-state index contributed by atoms with van der Waals surface area (Å²) >= 11 is 0. The number of nitrogens with one attached hydrogen (secondary N) is 1. The van der Waals surface area contributed by atoms with E-state index in [1.54, 1.807) is 0 Å². The van der Waals surface area contributed by atoms with Crippen LogP contribution in [0.1, 0.15) is 29.7 Å². The summed E-state index contributed by atoms with van der Waals surface area (Å²) in [5, 5.41) is 3.26. The molecule has 2 aromatic rings. The van der Waals surface area contributed by atoms with E-state index < -0.39 is 11.6 Å². The van der Waals surface area contributed by atoms with Crippen LogP contribution in [0.25, 0.3) is 0 Å². The Morgan fingerprint density at radius 2 is 2.05 bits per heavy atom. The second-order valence-corrected chi connectivity index (χ2v) is 5.31.